The first-order valence-electron chi connectivity index (χ1n) is 8.17. The van der Waals surface area contributed by atoms with Gasteiger partial charge >= 0.3 is 0 Å². The van der Waals surface area contributed by atoms with Crippen molar-refractivity contribution >= 4 is 48.1 Å². The zero-order valence-electron chi connectivity index (χ0n) is 13.5. The van der Waals surface area contributed by atoms with Crippen molar-refractivity contribution in [2.75, 3.05) is 0 Å². The van der Waals surface area contributed by atoms with Crippen molar-refractivity contribution in [3.05, 3.63) is 83.0 Å². The fourth-order valence-electron chi connectivity index (χ4n) is 3.52. The molecule has 124 valence electrons. The minimum atomic E-state index is -0.327. The monoisotopic (exact) mass is 356 g/mol. The van der Waals surface area contributed by atoms with Gasteiger partial charge in [-0.05, 0) is 29.8 Å². The zero-order valence-corrected chi connectivity index (χ0v) is 14.4. The highest BCUT2D eigenvalue weighted by atomic mass is 32.1. The molecule has 0 amide bonds. The highest BCUT2D eigenvalue weighted by molar-refractivity contribution is 7.26. The molecule has 0 aliphatic rings. The van der Waals surface area contributed by atoms with E-state index in [9.17, 15) is 10.1 Å². The molecule has 0 aliphatic heterocycles. The van der Waals surface area contributed by atoms with E-state index in [4.69, 9.17) is 0 Å². The molecule has 5 heteroatoms. The normalized spacial score (nSPS) is 11.4. The molecule has 5 rings (SSSR count). The number of nitrogens with zero attached hydrogens (tertiary/aromatic N) is 2. The summed E-state index contributed by atoms with van der Waals surface area (Å²) in [4.78, 5) is 15.8. The Bertz CT molecular complexity index is 1320. The molecule has 3 aromatic carbocycles. The van der Waals surface area contributed by atoms with E-state index in [1.54, 1.807) is 35.7 Å². The van der Waals surface area contributed by atoms with E-state index in [2.05, 4.69) is 23.2 Å². The summed E-state index contributed by atoms with van der Waals surface area (Å²) in [5, 5.41) is 14.7. The van der Waals surface area contributed by atoms with Crippen molar-refractivity contribution in [3.63, 3.8) is 0 Å². The fraction of sp³-hybridized carbons (Fsp3) is 0. The average Bonchev–Trinajstić information content (AvgIpc) is 3.06. The van der Waals surface area contributed by atoms with Gasteiger partial charge < -0.3 is 0 Å². The van der Waals surface area contributed by atoms with Crippen molar-refractivity contribution in [3.8, 4) is 11.1 Å². The Labute approximate surface area is 152 Å². The minimum absolute atomic E-state index is 0.109. The predicted molar refractivity (Wildman–Crippen MR) is 107 cm³/mol. The Hall–Kier alpha value is -3.31. The minimum Gasteiger partial charge on any atom is -0.258 e. The molecule has 2 aromatic heterocycles. The van der Waals surface area contributed by atoms with Crippen LogP contribution >= 0.6 is 11.3 Å². The number of aromatic nitrogens is 1. The summed E-state index contributed by atoms with van der Waals surface area (Å²) in [5.41, 5.74) is 2.46. The lowest BCUT2D eigenvalue weighted by atomic mass is 9.96. The van der Waals surface area contributed by atoms with Gasteiger partial charge in [-0.25, -0.2) is 0 Å². The van der Waals surface area contributed by atoms with E-state index in [1.165, 1.54) is 10.1 Å². The second kappa shape index (κ2) is 5.61. The lowest BCUT2D eigenvalue weighted by Crippen LogP contribution is -1.92. The molecule has 0 saturated carbocycles. The largest absolute Gasteiger partial charge is 0.277 e. The standard InChI is InChI=1S/C21H12N2O2S/c24-23(25)17-9-3-1-6-13(17)16-12-19-20(21-14(16)8-5-11-22-21)15-7-2-4-10-18(15)26-19/h1-12H. The van der Waals surface area contributed by atoms with Crippen LogP contribution in [-0.2, 0) is 0 Å². The number of nitro benzene ring substituents is 1. The number of nitro groups is 1. The van der Waals surface area contributed by atoms with Crippen LogP contribution < -0.4 is 0 Å². The molecule has 0 N–H and O–H groups in total. The molecule has 2 heterocycles. The number of para-hydroxylation sites is 1. The van der Waals surface area contributed by atoms with Gasteiger partial charge in [0.15, 0.2) is 0 Å². The van der Waals surface area contributed by atoms with Crippen molar-refractivity contribution in [2.24, 2.45) is 0 Å². The molecule has 5 aromatic rings. The van der Waals surface area contributed by atoms with Crippen LogP contribution in [-0.4, -0.2) is 9.91 Å². The number of fused-ring (bicyclic) bond motifs is 5. The zero-order chi connectivity index (χ0) is 17.7. The van der Waals surface area contributed by atoms with E-state index >= 15 is 0 Å². The molecule has 0 fully saturated rings. The highest BCUT2D eigenvalue weighted by Crippen LogP contribution is 2.43. The smallest absolute Gasteiger partial charge is 0.258 e. The molecule has 0 radical (unpaired) electrons. The third-order valence-electron chi connectivity index (χ3n) is 4.62. The lowest BCUT2D eigenvalue weighted by molar-refractivity contribution is -0.384. The molecule has 0 spiro atoms. The van der Waals surface area contributed by atoms with Crippen LogP contribution in [0, 0.1) is 10.1 Å². The van der Waals surface area contributed by atoms with Crippen LogP contribution in [0.25, 0.3) is 42.2 Å². The Kier molecular flexibility index (Phi) is 3.23. The maximum Gasteiger partial charge on any atom is 0.277 e. The van der Waals surface area contributed by atoms with Crippen LogP contribution in [0.2, 0.25) is 0 Å². The molecule has 4 nitrogen and oxygen atoms in total. The van der Waals surface area contributed by atoms with Gasteiger partial charge in [-0.15, -0.1) is 11.3 Å². The number of thiophene rings is 1. The molecule has 0 atom stereocenters. The van der Waals surface area contributed by atoms with E-state index in [0.29, 0.717) is 5.56 Å². The summed E-state index contributed by atoms with van der Waals surface area (Å²) >= 11 is 1.69. The number of hydrogen-bond acceptors (Lipinski definition) is 4. The number of pyridine rings is 1. The SMILES string of the molecule is O=[N+]([O-])c1ccccc1-c1cc2sc3ccccc3c2c2ncccc12. The second-order valence-corrected chi connectivity index (χ2v) is 7.15. The van der Waals surface area contributed by atoms with E-state index < -0.39 is 0 Å². The first kappa shape index (κ1) is 15.0. The Morgan fingerprint density at radius 2 is 1.62 bits per heavy atom. The maximum atomic E-state index is 11.5. The summed E-state index contributed by atoms with van der Waals surface area (Å²) in [6.45, 7) is 0. The quantitative estimate of drug-likeness (QED) is 0.280. The van der Waals surface area contributed by atoms with E-state index in [-0.39, 0.29) is 10.6 Å². The Balaban J connectivity index is 1.98. The molecule has 0 aliphatic carbocycles. The molecule has 0 unspecified atom stereocenters. The summed E-state index contributed by atoms with van der Waals surface area (Å²) < 4.78 is 2.28. The summed E-state index contributed by atoms with van der Waals surface area (Å²) in [6, 6.07) is 21.1. The molecular weight excluding hydrogens is 344 g/mol. The van der Waals surface area contributed by atoms with Crippen LogP contribution in [0.1, 0.15) is 0 Å². The Morgan fingerprint density at radius 1 is 0.846 bits per heavy atom. The van der Waals surface area contributed by atoms with Crippen molar-refractivity contribution in [2.45, 2.75) is 0 Å². The van der Waals surface area contributed by atoms with Gasteiger partial charge in [-0.2, -0.15) is 0 Å². The lowest BCUT2D eigenvalue weighted by Gasteiger charge is -2.09. The third-order valence-corrected chi connectivity index (χ3v) is 5.74. The molecule has 0 bridgehead atoms. The van der Waals surface area contributed by atoms with Crippen LogP contribution in [0.3, 0.4) is 0 Å². The summed E-state index contributed by atoms with van der Waals surface area (Å²) in [6.07, 6.45) is 1.78. The van der Waals surface area contributed by atoms with Gasteiger partial charge in [-0.3, -0.25) is 15.1 Å². The Morgan fingerprint density at radius 3 is 2.50 bits per heavy atom. The second-order valence-electron chi connectivity index (χ2n) is 6.07. The molecular formula is C21H12N2O2S. The van der Waals surface area contributed by atoms with Gasteiger partial charge in [-0.1, -0.05) is 36.4 Å². The van der Waals surface area contributed by atoms with Crippen LogP contribution in [0.4, 0.5) is 5.69 Å². The van der Waals surface area contributed by atoms with Crippen molar-refractivity contribution < 1.29 is 4.92 Å². The molecule has 26 heavy (non-hydrogen) atoms. The van der Waals surface area contributed by atoms with Crippen molar-refractivity contribution in [1.82, 2.24) is 4.98 Å². The van der Waals surface area contributed by atoms with Crippen LogP contribution in [0.5, 0.6) is 0 Å². The van der Waals surface area contributed by atoms with E-state index in [0.717, 1.165) is 26.6 Å². The van der Waals surface area contributed by atoms with Gasteiger partial charge in [0, 0.05) is 37.8 Å². The van der Waals surface area contributed by atoms with Gasteiger partial charge in [0.1, 0.15) is 0 Å². The van der Waals surface area contributed by atoms with Gasteiger partial charge in [0.05, 0.1) is 16.0 Å². The predicted octanol–water partition coefficient (Wildman–Crippen LogP) is 6.18. The van der Waals surface area contributed by atoms with E-state index in [1.807, 2.05) is 30.3 Å². The van der Waals surface area contributed by atoms with Gasteiger partial charge in [0.25, 0.3) is 5.69 Å². The topological polar surface area (TPSA) is 56.0 Å². The first-order valence-corrected chi connectivity index (χ1v) is 8.98. The first-order chi connectivity index (χ1) is 12.7. The van der Waals surface area contributed by atoms with Gasteiger partial charge in [0.2, 0.25) is 0 Å². The number of benzene rings is 3. The maximum absolute atomic E-state index is 11.5. The average molecular weight is 356 g/mol. The fourth-order valence-corrected chi connectivity index (χ4v) is 4.67. The molecule has 0 saturated heterocycles. The van der Waals surface area contributed by atoms with Crippen LogP contribution in [0.15, 0.2) is 72.9 Å². The number of hydrogen-bond donors (Lipinski definition) is 0. The summed E-state index contributed by atoms with van der Waals surface area (Å²) in [5.74, 6) is 0. The summed E-state index contributed by atoms with van der Waals surface area (Å²) in [7, 11) is 0. The van der Waals surface area contributed by atoms with Crippen molar-refractivity contribution in [1.29, 1.82) is 0 Å². The highest BCUT2D eigenvalue weighted by Gasteiger charge is 2.19. The number of rotatable bonds is 2. The third kappa shape index (κ3) is 2.11.